The van der Waals surface area contributed by atoms with Gasteiger partial charge in [0.25, 0.3) is 5.91 Å². The van der Waals surface area contributed by atoms with Gasteiger partial charge in [-0.05, 0) is 55.5 Å². The number of nitrogens with zero attached hydrogens (tertiary/aromatic N) is 1. The van der Waals surface area contributed by atoms with Crippen LogP contribution in [0.15, 0.2) is 53.2 Å². The molecule has 0 atom stereocenters. The number of amidine groups is 1. The topological polar surface area (TPSA) is 41.5 Å². The number of rotatable bonds is 4. The van der Waals surface area contributed by atoms with Crippen molar-refractivity contribution in [2.24, 2.45) is 4.99 Å². The fourth-order valence-electron chi connectivity index (χ4n) is 3.10. The van der Waals surface area contributed by atoms with Crippen LogP contribution in [0.2, 0.25) is 0 Å². The fraction of sp³-hybridized carbons (Fsp3) is 0.238. The molecule has 0 unspecified atom stereocenters. The van der Waals surface area contributed by atoms with E-state index >= 15 is 0 Å². The summed E-state index contributed by atoms with van der Waals surface area (Å²) in [5.74, 6) is 0.634. The molecular weight excluding hydrogens is 296 g/mol. The lowest BCUT2D eigenvalue weighted by Crippen LogP contribution is -2.24. The van der Waals surface area contributed by atoms with Crippen LogP contribution in [0.25, 0.3) is 6.08 Å². The molecule has 1 heterocycles. The Morgan fingerprint density at radius 2 is 1.67 bits per heavy atom. The first-order valence-corrected chi connectivity index (χ1v) is 8.25. The van der Waals surface area contributed by atoms with Crippen LogP contribution >= 0.6 is 0 Å². The van der Waals surface area contributed by atoms with Crippen molar-refractivity contribution >= 4 is 17.8 Å². The van der Waals surface area contributed by atoms with Gasteiger partial charge in [-0.3, -0.25) is 4.79 Å². The highest BCUT2D eigenvalue weighted by atomic mass is 16.2. The van der Waals surface area contributed by atoms with Crippen LogP contribution in [0, 0.1) is 20.8 Å². The van der Waals surface area contributed by atoms with Crippen LogP contribution < -0.4 is 5.32 Å². The van der Waals surface area contributed by atoms with Crippen LogP contribution in [0.5, 0.6) is 0 Å². The number of carbonyl (C=O) groups is 1. The summed E-state index contributed by atoms with van der Waals surface area (Å²) in [4.78, 5) is 16.7. The third-order valence-corrected chi connectivity index (χ3v) is 4.26. The zero-order chi connectivity index (χ0) is 17.1. The molecule has 3 heteroatoms. The Balaban J connectivity index is 1.79. The maximum atomic E-state index is 12.2. The summed E-state index contributed by atoms with van der Waals surface area (Å²) in [7, 11) is 0. The van der Waals surface area contributed by atoms with Crippen molar-refractivity contribution in [3.05, 3.63) is 76.0 Å². The molecule has 3 nitrogen and oxygen atoms in total. The van der Waals surface area contributed by atoms with Gasteiger partial charge in [-0.15, -0.1) is 0 Å². The molecule has 122 valence electrons. The highest BCUT2D eigenvalue weighted by Gasteiger charge is 2.20. The molecule has 0 aromatic heterocycles. The van der Waals surface area contributed by atoms with E-state index in [1.807, 2.05) is 24.3 Å². The third-order valence-electron chi connectivity index (χ3n) is 4.26. The lowest BCUT2D eigenvalue weighted by molar-refractivity contribution is -0.115. The van der Waals surface area contributed by atoms with Crippen LogP contribution in [0.1, 0.15) is 34.2 Å². The minimum absolute atomic E-state index is 0.113. The van der Waals surface area contributed by atoms with E-state index in [-0.39, 0.29) is 5.91 Å². The van der Waals surface area contributed by atoms with Crippen molar-refractivity contribution in [3.63, 3.8) is 0 Å². The molecule has 0 saturated heterocycles. The lowest BCUT2D eigenvalue weighted by atomic mass is 9.99. The third kappa shape index (κ3) is 3.62. The number of carbonyl (C=O) groups excluding carboxylic acids is 1. The molecule has 1 aliphatic heterocycles. The Hall–Kier alpha value is -2.68. The number of amides is 1. The van der Waals surface area contributed by atoms with Crippen molar-refractivity contribution in [3.8, 4) is 0 Å². The van der Waals surface area contributed by atoms with E-state index in [9.17, 15) is 4.79 Å². The molecule has 0 spiro atoms. The van der Waals surface area contributed by atoms with Gasteiger partial charge < -0.3 is 5.32 Å². The summed E-state index contributed by atoms with van der Waals surface area (Å²) in [5.41, 5.74) is 6.39. The van der Waals surface area contributed by atoms with E-state index in [4.69, 9.17) is 0 Å². The summed E-state index contributed by atoms with van der Waals surface area (Å²) in [6.45, 7) is 6.22. The summed E-state index contributed by atoms with van der Waals surface area (Å²) >= 11 is 0. The average Bonchev–Trinajstić information content (AvgIpc) is 2.90. The van der Waals surface area contributed by atoms with Crippen molar-refractivity contribution in [1.29, 1.82) is 0 Å². The summed E-state index contributed by atoms with van der Waals surface area (Å²) < 4.78 is 0. The first-order valence-electron chi connectivity index (χ1n) is 8.25. The maximum Gasteiger partial charge on any atom is 0.275 e. The molecule has 1 amide bonds. The van der Waals surface area contributed by atoms with Crippen molar-refractivity contribution in [2.75, 3.05) is 0 Å². The van der Waals surface area contributed by atoms with Crippen LogP contribution in [-0.2, 0) is 11.2 Å². The lowest BCUT2D eigenvalue weighted by Gasteiger charge is -2.07. The standard InChI is InChI=1S/C21H22N2O/c1-14-11-15(2)18(16(3)12-14)13-19-21(24)23-20(22-19)10-9-17-7-5-4-6-8-17/h4-8,11-13H,9-10H2,1-3H3,(H,22,23,24)/b19-13-. The Labute approximate surface area is 143 Å². The van der Waals surface area contributed by atoms with E-state index < -0.39 is 0 Å². The zero-order valence-electron chi connectivity index (χ0n) is 14.4. The summed E-state index contributed by atoms with van der Waals surface area (Å²) in [5, 5.41) is 2.89. The van der Waals surface area contributed by atoms with E-state index in [1.54, 1.807) is 0 Å². The highest BCUT2D eigenvalue weighted by molar-refractivity contribution is 6.14. The second-order valence-electron chi connectivity index (χ2n) is 6.34. The van der Waals surface area contributed by atoms with Gasteiger partial charge >= 0.3 is 0 Å². The van der Waals surface area contributed by atoms with Gasteiger partial charge in [0.2, 0.25) is 0 Å². The Bertz CT molecular complexity index is 809. The largest absolute Gasteiger partial charge is 0.309 e. The van der Waals surface area contributed by atoms with Gasteiger partial charge in [0, 0.05) is 6.42 Å². The predicted octanol–water partition coefficient (Wildman–Crippen LogP) is 4.11. The first-order chi connectivity index (χ1) is 11.5. The monoisotopic (exact) mass is 318 g/mol. The van der Waals surface area contributed by atoms with E-state index in [0.717, 1.165) is 24.2 Å². The smallest absolute Gasteiger partial charge is 0.275 e. The molecule has 0 bridgehead atoms. The number of aryl methyl sites for hydroxylation is 4. The van der Waals surface area contributed by atoms with Crippen LogP contribution in [0.3, 0.4) is 0 Å². The van der Waals surface area contributed by atoms with Crippen molar-refractivity contribution in [2.45, 2.75) is 33.6 Å². The molecule has 2 aromatic carbocycles. The minimum Gasteiger partial charge on any atom is -0.309 e. The van der Waals surface area contributed by atoms with Gasteiger partial charge in [0.05, 0.1) is 0 Å². The molecule has 0 aliphatic carbocycles. The second kappa shape index (κ2) is 6.83. The van der Waals surface area contributed by atoms with Gasteiger partial charge in [0.1, 0.15) is 11.5 Å². The Morgan fingerprint density at radius 3 is 2.33 bits per heavy atom. The van der Waals surface area contributed by atoms with Crippen molar-refractivity contribution in [1.82, 2.24) is 5.32 Å². The Morgan fingerprint density at radius 1 is 1.00 bits per heavy atom. The molecule has 1 N–H and O–H groups in total. The molecule has 0 saturated carbocycles. The molecule has 0 fully saturated rings. The van der Waals surface area contributed by atoms with Crippen molar-refractivity contribution < 1.29 is 4.79 Å². The molecule has 1 aliphatic rings. The number of benzene rings is 2. The quantitative estimate of drug-likeness (QED) is 0.847. The fourth-order valence-corrected chi connectivity index (χ4v) is 3.10. The normalized spacial score (nSPS) is 15.5. The second-order valence-corrected chi connectivity index (χ2v) is 6.34. The molecule has 3 rings (SSSR count). The van der Waals surface area contributed by atoms with E-state index in [2.05, 4.69) is 55.3 Å². The predicted molar refractivity (Wildman–Crippen MR) is 99.0 cm³/mol. The molecule has 24 heavy (non-hydrogen) atoms. The summed E-state index contributed by atoms with van der Waals surface area (Å²) in [6, 6.07) is 14.5. The van der Waals surface area contributed by atoms with Gasteiger partial charge in [-0.25, -0.2) is 4.99 Å². The number of hydrogen-bond donors (Lipinski definition) is 1. The molecule has 2 aromatic rings. The SMILES string of the molecule is Cc1cc(C)c(/C=C2\N=C(CCc3ccccc3)NC2=O)c(C)c1. The first kappa shape index (κ1) is 16.2. The van der Waals surface area contributed by atoms with E-state index in [0.29, 0.717) is 5.70 Å². The van der Waals surface area contributed by atoms with Crippen LogP contribution in [0.4, 0.5) is 0 Å². The molecule has 0 radical (unpaired) electrons. The minimum atomic E-state index is -0.113. The van der Waals surface area contributed by atoms with Gasteiger partial charge in [-0.1, -0.05) is 48.0 Å². The Kier molecular flexibility index (Phi) is 4.61. The van der Waals surface area contributed by atoms with Gasteiger partial charge in [0.15, 0.2) is 0 Å². The maximum absolute atomic E-state index is 12.2. The molecular formula is C21H22N2O. The average molecular weight is 318 g/mol. The number of hydrogen-bond acceptors (Lipinski definition) is 2. The zero-order valence-corrected chi connectivity index (χ0v) is 14.4. The van der Waals surface area contributed by atoms with Crippen LogP contribution in [-0.4, -0.2) is 11.7 Å². The van der Waals surface area contributed by atoms with Gasteiger partial charge in [-0.2, -0.15) is 0 Å². The number of aliphatic imine (C=N–C) groups is 1. The number of nitrogens with one attached hydrogen (secondary N) is 1. The summed E-state index contributed by atoms with van der Waals surface area (Å²) in [6.07, 6.45) is 3.50. The highest BCUT2D eigenvalue weighted by Crippen LogP contribution is 2.21. The van der Waals surface area contributed by atoms with E-state index in [1.165, 1.54) is 22.3 Å².